The Labute approximate surface area is 97.1 Å². The third-order valence-electron chi connectivity index (χ3n) is 2.60. The van der Waals surface area contributed by atoms with Gasteiger partial charge in [0.2, 0.25) is 0 Å². The van der Waals surface area contributed by atoms with Crippen molar-refractivity contribution in [3.05, 3.63) is 21.9 Å². The molecule has 1 heterocycles. The Bertz CT molecular complexity index is 292. The number of nitrogens with one attached hydrogen (secondary N) is 2. The molecule has 0 saturated heterocycles. The van der Waals surface area contributed by atoms with Crippen LogP contribution in [-0.2, 0) is 5.41 Å². The fraction of sp³-hybridized carbons (Fsp3) is 0.667. The minimum Gasteiger partial charge on any atom is -0.318 e. The fourth-order valence-corrected chi connectivity index (χ4v) is 2.81. The van der Waals surface area contributed by atoms with E-state index in [2.05, 4.69) is 42.9 Å². The molecule has 0 aliphatic rings. The molecule has 0 aliphatic heterocycles. The second-order valence-electron chi connectivity index (χ2n) is 4.60. The topological polar surface area (TPSA) is 24.1 Å². The predicted octanol–water partition coefficient (Wildman–Crippen LogP) is 2.14. The van der Waals surface area contributed by atoms with Gasteiger partial charge in [-0.1, -0.05) is 13.8 Å². The summed E-state index contributed by atoms with van der Waals surface area (Å²) in [6, 6.07) is 2.20. The highest BCUT2D eigenvalue weighted by molar-refractivity contribution is 7.10. The summed E-state index contributed by atoms with van der Waals surface area (Å²) in [5.41, 5.74) is 1.66. The highest BCUT2D eigenvalue weighted by Gasteiger charge is 2.22. The molecule has 0 amide bonds. The zero-order valence-corrected chi connectivity index (χ0v) is 11.0. The summed E-state index contributed by atoms with van der Waals surface area (Å²) in [5.74, 6) is 0. The zero-order chi connectivity index (χ0) is 11.3. The number of thiophene rings is 1. The molecular weight excluding hydrogens is 204 g/mol. The highest BCUT2D eigenvalue weighted by Crippen LogP contribution is 2.30. The van der Waals surface area contributed by atoms with E-state index in [-0.39, 0.29) is 5.41 Å². The summed E-state index contributed by atoms with van der Waals surface area (Å²) < 4.78 is 0. The molecule has 1 aromatic rings. The van der Waals surface area contributed by atoms with Crippen LogP contribution in [0.1, 0.15) is 24.3 Å². The number of likely N-dealkylation sites (N-methyl/N-ethyl adjacent to an activating group) is 1. The van der Waals surface area contributed by atoms with Crippen molar-refractivity contribution in [3.8, 4) is 0 Å². The molecule has 0 saturated carbocycles. The Kier molecular flexibility index (Phi) is 4.77. The smallest absolute Gasteiger partial charge is 0.0143 e. The van der Waals surface area contributed by atoms with Crippen molar-refractivity contribution in [3.63, 3.8) is 0 Å². The first-order valence-corrected chi connectivity index (χ1v) is 6.36. The van der Waals surface area contributed by atoms with Crippen LogP contribution >= 0.6 is 11.3 Å². The Morgan fingerprint density at radius 3 is 2.60 bits per heavy atom. The summed E-state index contributed by atoms with van der Waals surface area (Å²) in [4.78, 5) is 1.50. The molecular formula is C12H22N2S. The molecule has 0 unspecified atom stereocenters. The predicted molar refractivity (Wildman–Crippen MR) is 68.9 cm³/mol. The minimum absolute atomic E-state index is 0.242. The van der Waals surface area contributed by atoms with Gasteiger partial charge in [-0.05, 0) is 31.0 Å². The van der Waals surface area contributed by atoms with Gasteiger partial charge in [-0.3, -0.25) is 0 Å². The van der Waals surface area contributed by atoms with Gasteiger partial charge in [0.1, 0.15) is 0 Å². The minimum atomic E-state index is 0.242. The Hall–Kier alpha value is -0.380. The maximum Gasteiger partial charge on any atom is 0.0143 e. The summed E-state index contributed by atoms with van der Waals surface area (Å²) in [6.07, 6.45) is 0. The van der Waals surface area contributed by atoms with E-state index < -0.39 is 0 Å². The Morgan fingerprint density at radius 2 is 2.07 bits per heavy atom. The first kappa shape index (κ1) is 12.7. The second-order valence-corrected chi connectivity index (χ2v) is 5.51. The molecule has 0 bridgehead atoms. The van der Waals surface area contributed by atoms with Gasteiger partial charge in [0, 0.05) is 29.9 Å². The van der Waals surface area contributed by atoms with Gasteiger partial charge in [-0.25, -0.2) is 0 Å². The first-order valence-electron chi connectivity index (χ1n) is 5.48. The van der Waals surface area contributed by atoms with Crippen molar-refractivity contribution in [2.45, 2.75) is 26.2 Å². The molecule has 1 aromatic heterocycles. The number of rotatable bonds is 6. The molecule has 86 valence electrons. The molecule has 0 atom stereocenters. The van der Waals surface area contributed by atoms with Crippen LogP contribution in [0.15, 0.2) is 11.4 Å². The van der Waals surface area contributed by atoms with Crippen molar-refractivity contribution in [2.75, 3.05) is 26.7 Å². The van der Waals surface area contributed by atoms with Gasteiger partial charge in [-0.15, -0.1) is 11.3 Å². The molecule has 1 rings (SSSR count). The van der Waals surface area contributed by atoms with Crippen molar-refractivity contribution >= 4 is 11.3 Å². The monoisotopic (exact) mass is 226 g/mol. The van der Waals surface area contributed by atoms with E-state index in [0.717, 1.165) is 19.6 Å². The van der Waals surface area contributed by atoms with E-state index >= 15 is 0 Å². The summed E-state index contributed by atoms with van der Waals surface area (Å²) in [5, 5.41) is 8.81. The van der Waals surface area contributed by atoms with Crippen LogP contribution in [0.4, 0.5) is 0 Å². The molecule has 0 spiro atoms. The molecule has 2 nitrogen and oxygen atoms in total. The molecule has 2 N–H and O–H groups in total. The van der Waals surface area contributed by atoms with E-state index in [1.807, 2.05) is 18.4 Å². The fourth-order valence-electron chi connectivity index (χ4n) is 1.76. The molecule has 0 radical (unpaired) electrons. The maximum atomic E-state index is 3.49. The van der Waals surface area contributed by atoms with Crippen molar-refractivity contribution in [2.24, 2.45) is 0 Å². The molecule has 3 heteroatoms. The van der Waals surface area contributed by atoms with Crippen LogP contribution in [0.5, 0.6) is 0 Å². The normalized spacial score (nSPS) is 12.0. The summed E-state index contributed by atoms with van der Waals surface area (Å²) in [7, 11) is 1.98. The van der Waals surface area contributed by atoms with E-state index in [9.17, 15) is 0 Å². The average molecular weight is 226 g/mol. The van der Waals surface area contributed by atoms with E-state index in [1.165, 1.54) is 10.4 Å². The molecule has 0 fully saturated rings. The lowest BCUT2D eigenvalue weighted by Crippen LogP contribution is -2.36. The van der Waals surface area contributed by atoms with Gasteiger partial charge >= 0.3 is 0 Å². The van der Waals surface area contributed by atoms with Crippen LogP contribution in [0.2, 0.25) is 0 Å². The number of hydrogen-bond acceptors (Lipinski definition) is 3. The first-order chi connectivity index (χ1) is 7.08. The van der Waals surface area contributed by atoms with Crippen LogP contribution < -0.4 is 10.6 Å². The average Bonchev–Trinajstić information content (AvgIpc) is 2.60. The lowest BCUT2D eigenvalue weighted by Gasteiger charge is -2.25. The van der Waals surface area contributed by atoms with Crippen LogP contribution in [0.3, 0.4) is 0 Å². The SMILES string of the molecule is CNCCNCC(C)(C)c1sccc1C. The second kappa shape index (κ2) is 5.64. The van der Waals surface area contributed by atoms with Crippen LogP contribution in [0, 0.1) is 6.92 Å². The zero-order valence-electron chi connectivity index (χ0n) is 10.2. The third kappa shape index (κ3) is 3.59. The van der Waals surface area contributed by atoms with E-state index in [1.54, 1.807) is 0 Å². The largest absolute Gasteiger partial charge is 0.318 e. The molecule has 0 aromatic carbocycles. The van der Waals surface area contributed by atoms with E-state index in [0.29, 0.717) is 0 Å². The van der Waals surface area contributed by atoms with Crippen molar-refractivity contribution in [1.82, 2.24) is 10.6 Å². The van der Waals surface area contributed by atoms with Gasteiger partial charge in [0.15, 0.2) is 0 Å². The standard InChI is InChI=1S/C12H22N2S/c1-10-5-8-15-11(10)12(2,3)9-14-7-6-13-4/h5,8,13-14H,6-7,9H2,1-4H3. The third-order valence-corrected chi connectivity index (χ3v) is 3.98. The Balaban J connectivity index is 2.48. The lowest BCUT2D eigenvalue weighted by molar-refractivity contribution is 0.474. The lowest BCUT2D eigenvalue weighted by atomic mass is 9.89. The summed E-state index contributed by atoms with van der Waals surface area (Å²) >= 11 is 1.86. The Morgan fingerprint density at radius 1 is 1.33 bits per heavy atom. The van der Waals surface area contributed by atoms with Crippen LogP contribution in [-0.4, -0.2) is 26.7 Å². The highest BCUT2D eigenvalue weighted by atomic mass is 32.1. The van der Waals surface area contributed by atoms with Gasteiger partial charge in [0.05, 0.1) is 0 Å². The molecule has 0 aliphatic carbocycles. The van der Waals surface area contributed by atoms with E-state index in [4.69, 9.17) is 0 Å². The van der Waals surface area contributed by atoms with Crippen molar-refractivity contribution in [1.29, 1.82) is 0 Å². The molecule has 15 heavy (non-hydrogen) atoms. The van der Waals surface area contributed by atoms with Gasteiger partial charge < -0.3 is 10.6 Å². The summed E-state index contributed by atoms with van der Waals surface area (Å²) in [6.45, 7) is 9.90. The number of aryl methyl sites for hydroxylation is 1. The van der Waals surface area contributed by atoms with Crippen LogP contribution in [0.25, 0.3) is 0 Å². The number of hydrogen-bond donors (Lipinski definition) is 2. The van der Waals surface area contributed by atoms with Crippen molar-refractivity contribution < 1.29 is 0 Å². The maximum absolute atomic E-state index is 3.49. The quantitative estimate of drug-likeness (QED) is 0.726. The van der Waals surface area contributed by atoms with Gasteiger partial charge in [0.25, 0.3) is 0 Å². The van der Waals surface area contributed by atoms with Gasteiger partial charge in [-0.2, -0.15) is 0 Å².